The molecule has 1 aromatic heterocycles. The summed E-state index contributed by atoms with van der Waals surface area (Å²) in [6.07, 6.45) is 0.739. The van der Waals surface area contributed by atoms with E-state index in [1.54, 1.807) is 23.9 Å². The van der Waals surface area contributed by atoms with Crippen molar-refractivity contribution >= 4 is 62.2 Å². The lowest BCUT2D eigenvalue weighted by Gasteiger charge is -2.43. The van der Waals surface area contributed by atoms with Gasteiger partial charge in [-0.15, -0.1) is 11.8 Å². The van der Waals surface area contributed by atoms with Gasteiger partial charge in [0.1, 0.15) is 11.6 Å². The lowest BCUT2D eigenvalue weighted by Crippen LogP contribution is -2.42. The lowest BCUT2D eigenvalue weighted by molar-refractivity contribution is -0.123. The summed E-state index contributed by atoms with van der Waals surface area (Å²) in [6, 6.07) is 18.2. The molecule has 48 heavy (non-hydrogen) atoms. The Kier molecular flexibility index (Phi) is 7.36. The molecule has 4 N–H and O–H groups in total. The molecule has 6 unspecified atom stereocenters. The van der Waals surface area contributed by atoms with Gasteiger partial charge in [0.2, 0.25) is 21.8 Å². The van der Waals surface area contributed by atoms with E-state index in [0.29, 0.717) is 17.1 Å². The second kappa shape index (κ2) is 11.4. The molecule has 8 rings (SSSR count). The first kappa shape index (κ1) is 31.0. The van der Waals surface area contributed by atoms with E-state index in [9.17, 15) is 32.0 Å². The highest BCUT2D eigenvalue weighted by molar-refractivity contribution is 8.00. The molecule has 2 bridgehead atoms. The zero-order chi connectivity index (χ0) is 33.5. The Morgan fingerprint density at radius 2 is 1.62 bits per heavy atom. The summed E-state index contributed by atoms with van der Waals surface area (Å²) >= 11 is 2.76. The maximum Gasteiger partial charge on any atom is 0.305 e. The van der Waals surface area contributed by atoms with Crippen LogP contribution in [0.15, 0.2) is 87.5 Å². The van der Waals surface area contributed by atoms with Crippen molar-refractivity contribution in [3.63, 3.8) is 0 Å². The number of aromatic nitrogens is 1. The molecule has 3 fully saturated rings. The molecule has 4 aliphatic rings. The molecular weight excluding hydrogens is 680 g/mol. The first-order valence-corrected chi connectivity index (χ1v) is 18.4. The number of nitrogens with zero attached hydrogens (tertiary/aromatic N) is 1. The molecule has 4 aromatic rings. The maximum atomic E-state index is 13.9. The molecule has 3 amide bonds. The molecule has 2 aliphatic carbocycles. The maximum absolute atomic E-state index is 13.9. The van der Waals surface area contributed by atoms with Crippen LogP contribution in [-0.4, -0.2) is 43.0 Å². The molecule has 0 spiro atoms. The number of hydrogen-bond donors (Lipinski definition) is 3. The summed E-state index contributed by atoms with van der Waals surface area (Å²) in [4.78, 5) is 57.5. The number of carbonyl (C=O) groups excluding carboxylic acids is 3. The van der Waals surface area contributed by atoms with E-state index in [1.807, 2.05) is 12.1 Å². The Balaban J connectivity index is 1.02. The molecular formula is C33H27FN4O7S3. The summed E-state index contributed by atoms with van der Waals surface area (Å²) in [6.45, 7) is -0.294. The number of thiazole rings is 1. The van der Waals surface area contributed by atoms with Crippen molar-refractivity contribution < 1.29 is 31.9 Å². The van der Waals surface area contributed by atoms with Crippen molar-refractivity contribution in [3.8, 4) is 5.75 Å². The quantitative estimate of drug-likeness (QED) is 0.243. The highest BCUT2D eigenvalue weighted by atomic mass is 32.2. The van der Waals surface area contributed by atoms with Gasteiger partial charge in [-0.1, -0.05) is 23.5 Å². The number of fused-ring (bicyclic) bond motifs is 9. The third-order valence-electron chi connectivity index (χ3n) is 9.88. The van der Waals surface area contributed by atoms with Gasteiger partial charge in [-0.2, -0.15) is 0 Å². The first-order chi connectivity index (χ1) is 23.0. The van der Waals surface area contributed by atoms with Crippen LogP contribution in [0.4, 0.5) is 15.8 Å². The van der Waals surface area contributed by atoms with Crippen molar-refractivity contribution in [2.75, 3.05) is 16.8 Å². The van der Waals surface area contributed by atoms with E-state index in [-0.39, 0.29) is 57.1 Å². The number of carbonyl (C=O) groups is 3. The van der Waals surface area contributed by atoms with Gasteiger partial charge >= 0.3 is 4.87 Å². The van der Waals surface area contributed by atoms with Gasteiger partial charge in [0.05, 0.1) is 27.4 Å². The molecule has 0 radical (unpaired) electrons. The number of sulfonamides is 1. The van der Waals surface area contributed by atoms with Crippen LogP contribution in [0, 0.1) is 35.4 Å². The molecule has 15 heteroatoms. The minimum Gasteiger partial charge on any atom is -0.484 e. The van der Waals surface area contributed by atoms with Crippen LogP contribution in [0.5, 0.6) is 5.75 Å². The Hall–Kier alpha value is -4.31. The standard InChI is InChI=1S/C33H27FN4O7S3/c34-16-3-7-18(8-4-16)38-31(40)26-21-13-22(27(26)32(38)41)28-25(21)24(29-30(46-28)37-33(42)47-29)15-1-9-19(10-2-15)45-14-23(39)36-17-5-11-20(12-6-17)48(35,43)44/h1-12,21-22,24-28H,13-14H2,(H,36,39)(H,37,42)(H2,35,43,44)/t21?,22?,24-,25?,26?,27?,28?/m1/s1. The molecule has 2 aliphatic heterocycles. The van der Waals surface area contributed by atoms with E-state index < -0.39 is 33.6 Å². The highest BCUT2D eigenvalue weighted by Crippen LogP contribution is 2.68. The fourth-order valence-corrected chi connectivity index (χ4v) is 11.5. The Labute approximate surface area is 281 Å². The van der Waals surface area contributed by atoms with Gasteiger partial charge in [0.15, 0.2) is 6.61 Å². The molecule has 1 saturated heterocycles. The van der Waals surface area contributed by atoms with Crippen LogP contribution in [0.2, 0.25) is 0 Å². The number of anilines is 2. The second-order valence-electron chi connectivity index (χ2n) is 12.4. The SMILES string of the molecule is NS(=O)(=O)c1ccc(NC(=O)COc2ccc([C@H]3c4sc(=O)[nH]c4SC4C5CC(C6C(=O)N(c7ccc(F)cc7)C(=O)C56)C43)cc2)cc1. The van der Waals surface area contributed by atoms with Gasteiger partial charge in [0.25, 0.3) is 5.91 Å². The molecule has 3 heterocycles. The van der Waals surface area contributed by atoms with Crippen molar-refractivity contribution in [1.29, 1.82) is 0 Å². The Bertz CT molecular complexity index is 2130. The fraction of sp³-hybridized carbons (Fsp3) is 0.273. The number of benzene rings is 3. The largest absolute Gasteiger partial charge is 0.484 e. The minimum absolute atomic E-state index is 0.00307. The van der Waals surface area contributed by atoms with Crippen LogP contribution in [0.25, 0.3) is 0 Å². The van der Waals surface area contributed by atoms with Gasteiger partial charge in [0, 0.05) is 21.7 Å². The molecule has 11 nitrogen and oxygen atoms in total. The second-order valence-corrected chi connectivity index (χ2v) is 16.2. The monoisotopic (exact) mass is 706 g/mol. The number of ether oxygens (including phenoxy) is 1. The molecule has 2 saturated carbocycles. The summed E-state index contributed by atoms with van der Waals surface area (Å²) < 4.78 is 42.3. The van der Waals surface area contributed by atoms with E-state index in [1.165, 1.54) is 53.4 Å². The predicted molar refractivity (Wildman–Crippen MR) is 176 cm³/mol. The van der Waals surface area contributed by atoms with Gasteiger partial charge in [-0.25, -0.2) is 17.9 Å². The third kappa shape index (κ3) is 5.07. The van der Waals surface area contributed by atoms with Crippen molar-refractivity contribution in [3.05, 3.63) is 98.7 Å². The average molecular weight is 707 g/mol. The van der Waals surface area contributed by atoms with Gasteiger partial charge in [-0.05, 0) is 90.4 Å². The van der Waals surface area contributed by atoms with Crippen LogP contribution >= 0.6 is 23.1 Å². The number of imide groups is 1. The van der Waals surface area contributed by atoms with E-state index >= 15 is 0 Å². The number of thioether (sulfide) groups is 1. The van der Waals surface area contributed by atoms with Crippen LogP contribution in [0.3, 0.4) is 0 Å². The lowest BCUT2D eigenvalue weighted by atomic mass is 9.68. The van der Waals surface area contributed by atoms with E-state index in [2.05, 4.69) is 10.3 Å². The number of aromatic amines is 1. The average Bonchev–Trinajstić information content (AvgIpc) is 3.79. The molecule has 3 aromatic carbocycles. The van der Waals surface area contributed by atoms with Crippen molar-refractivity contribution in [1.82, 2.24) is 4.98 Å². The topological polar surface area (TPSA) is 169 Å². The molecule has 7 atom stereocenters. The first-order valence-electron chi connectivity index (χ1n) is 15.2. The van der Waals surface area contributed by atoms with Gasteiger partial charge < -0.3 is 15.0 Å². The van der Waals surface area contributed by atoms with Crippen LogP contribution < -0.4 is 25.0 Å². The number of hydrogen-bond acceptors (Lipinski definition) is 9. The van der Waals surface area contributed by atoms with E-state index in [0.717, 1.165) is 33.2 Å². The number of halogens is 1. The number of primary sulfonamides is 1. The van der Waals surface area contributed by atoms with Crippen molar-refractivity contribution in [2.24, 2.45) is 34.7 Å². The van der Waals surface area contributed by atoms with Crippen molar-refractivity contribution in [2.45, 2.75) is 27.5 Å². The van der Waals surface area contributed by atoms with E-state index in [4.69, 9.17) is 9.88 Å². The zero-order valence-corrected chi connectivity index (χ0v) is 27.3. The fourth-order valence-electron chi connectivity index (χ4n) is 8.08. The number of rotatable bonds is 7. The number of H-pyrrole nitrogens is 1. The Morgan fingerprint density at radius 1 is 0.958 bits per heavy atom. The third-order valence-corrected chi connectivity index (χ3v) is 13.4. The normalized spacial score (nSPS) is 27.0. The van der Waals surface area contributed by atoms with Gasteiger partial charge in [-0.3, -0.25) is 24.1 Å². The predicted octanol–water partition coefficient (Wildman–Crippen LogP) is 3.92. The summed E-state index contributed by atoms with van der Waals surface area (Å²) in [5.74, 6) is -2.18. The summed E-state index contributed by atoms with van der Waals surface area (Å²) in [5, 5.41) is 8.57. The smallest absolute Gasteiger partial charge is 0.305 e. The highest BCUT2D eigenvalue weighted by Gasteiger charge is 2.69. The minimum atomic E-state index is -3.85. The zero-order valence-electron chi connectivity index (χ0n) is 24.9. The molecule has 246 valence electrons. The number of amides is 3. The Morgan fingerprint density at radius 3 is 2.29 bits per heavy atom. The van der Waals surface area contributed by atoms with Crippen LogP contribution in [0.1, 0.15) is 22.8 Å². The summed E-state index contributed by atoms with van der Waals surface area (Å²) in [5.41, 5.74) is 1.69. The van der Waals surface area contributed by atoms with Crippen LogP contribution in [-0.2, 0) is 24.4 Å². The number of nitrogens with two attached hydrogens (primary N) is 1. The number of nitrogens with one attached hydrogen (secondary N) is 2. The summed E-state index contributed by atoms with van der Waals surface area (Å²) in [7, 11) is -3.85.